The number of allylic oxidation sites excluding steroid dienone is 4. The minimum absolute atomic E-state index is 1.29. The molecule has 0 spiro atoms. The zero-order valence-electron chi connectivity index (χ0n) is 9.46. The van der Waals surface area contributed by atoms with E-state index in [1.54, 1.807) is 0 Å². The van der Waals surface area contributed by atoms with Crippen molar-refractivity contribution in [3.63, 3.8) is 0 Å². The van der Waals surface area contributed by atoms with Crippen LogP contribution in [0.3, 0.4) is 0 Å². The lowest BCUT2D eigenvalue weighted by molar-refractivity contribution is 1.33. The molecule has 0 radical (unpaired) electrons. The Kier molecular flexibility index (Phi) is 3.70. The summed E-state index contributed by atoms with van der Waals surface area (Å²) in [5.74, 6) is 0. The fourth-order valence-corrected chi connectivity index (χ4v) is 1.46. The van der Waals surface area contributed by atoms with Crippen LogP contribution in [-0.2, 0) is 0 Å². The summed E-state index contributed by atoms with van der Waals surface area (Å²) in [7, 11) is 0. The second-order valence-electron chi connectivity index (χ2n) is 3.54. The highest BCUT2D eigenvalue weighted by molar-refractivity contribution is 5.74. The highest BCUT2D eigenvalue weighted by atomic mass is 14.0. The van der Waals surface area contributed by atoms with Gasteiger partial charge in [-0.25, -0.2) is 0 Å². The smallest absolute Gasteiger partial charge is 0.0185 e. The molecule has 0 atom stereocenters. The Morgan fingerprint density at radius 3 is 2.29 bits per heavy atom. The third-order valence-corrected chi connectivity index (χ3v) is 2.50. The number of aryl methyl sites for hydroxylation is 2. The van der Waals surface area contributed by atoms with E-state index in [0.717, 1.165) is 0 Å². The Morgan fingerprint density at radius 2 is 1.79 bits per heavy atom. The van der Waals surface area contributed by atoms with Crippen LogP contribution in [0.2, 0.25) is 0 Å². The van der Waals surface area contributed by atoms with Gasteiger partial charge < -0.3 is 0 Å². The molecule has 1 rings (SSSR count). The molecule has 0 aliphatic carbocycles. The number of hydrogen-bond acceptors (Lipinski definition) is 0. The predicted octanol–water partition coefficient (Wildman–Crippen LogP) is 4.28. The lowest BCUT2D eigenvalue weighted by Gasteiger charge is -2.05. The van der Waals surface area contributed by atoms with Crippen molar-refractivity contribution in [3.05, 3.63) is 53.1 Å². The van der Waals surface area contributed by atoms with Crippen LogP contribution >= 0.6 is 0 Å². The van der Waals surface area contributed by atoms with Gasteiger partial charge in [0, 0.05) is 0 Å². The van der Waals surface area contributed by atoms with Crippen LogP contribution in [0, 0.1) is 13.8 Å². The van der Waals surface area contributed by atoms with E-state index in [2.05, 4.69) is 57.2 Å². The van der Waals surface area contributed by atoms with Crippen molar-refractivity contribution in [2.75, 3.05) is 0 Å². The summed E-state index contributed by atoms with van der Waals surface area (Å²) < 4.78 is 0. The van der Waals surface area contributed by atoms with E-state index >= 15 is 0 Å². The van der Waals surface area contributed by atoms with Crippen molar-refractivity contribution in [2.45, 2.75) is 27.7 Å². The first kappa shape index (κ1) is 10.8. The third kappa shape index (κ3) is 2.35. The molecule has 0 nitrogen and oxygen atoms in total. The molecule has 0 heteroatoms. The molecule has 14 heavy (non-hydrogen) atoms. The Balaban J connectivity index is 3.13. The van der Waals surface area contributed by atoms with Gasteiger partial charge in [0.2, 0.25) is 0 Å². The lowest BCUT2D eigenvalue weighted by Crippen LogP contribution is -1.85. The van der Waals surface area contributed by atoms with Crippen molar-refractivity contribution >= 4 is 5.57 Å². The lowest BCUT2D eigenvalue weighted by atomic mass is 10.00. The highest BCUT2D eigenvalue weighted by Crippen LogP contribution is 2.19. The maximum atomic E-state index is 2.24. The summed E-state index contributed by atoms with van der Waals surface area (Å²) in [6.45, 7) is 8.42. The first-order valence-electron chi connectivity index (χ1n) is 5.05. The average molecular weight is 186 g/mol. The number of hydrogen-bond donors (Lipinski definition) is 0. The van der Waals surface area contributed by atoms with Gasteiger partial charge in [0.25, 0.3) is 0 Å². The Morgan fingerprint density at radius 1 is 1.07 bits per heavy atom. The normalized spacial score (nSPS) is 12.4. The fourth-order valence-electron chi connectivity index (χ4n) is 1.46. The monoisotopic (exact) mass is 186 g/mol. The fraction of sp³-hybridized carbons (Fsp3) is 0.286. The van der Waals surface area contributed by atoms with E-state index in [1.807, 2.05) is 6.92 Å². The SMILES string of the molecule is C/C=C\C(=C/C)c1ccc(C)c(C)c1. The van der Waals surface area contributed by atoms with Crippen molar-refractivity contribution in [3.8, 4) is 0 Å². The van der Waals surface area contributed by atoms with Crippen LogP contribution in [0.4, 0.5) is 0 Å². The Bertz CT molecular complexity index is 368. The van der Waals surface area contributed by atoms with Gasteiger partial charge in [-0.2, -0.15) is 0 Å². The second kappa shape index (κ2) is 4.80. The standard InChI is InChI=1S/C14H18/c1-5-7-13(6-2)14-9-8-11(3)12(4)10-14/h5-10H,1-4H3/b7-5-,13-6+. The topological polar surface area (TPSA) is 0 Å². The summed E-state index contributed by atoms with van der Waals surface area (Å²) in [5, 5.41) is 0. The van der Waals surface area contributed by atoms with Crippen molar-refractivity contribution in [2.24, 2.45) is 0 Å². The Hall–Kier alpha value is -1.30. The minimum atomic E-state index is 1.29. The van der Waals surface area contributed by atoms with E-state index in [0.29, 0.717) is 0 Å². The summed E-state index contributed by atoms with van der Waals surface area (Å²) in [5.41, 5.74) is 5.29. The number of rotatable bonds is 2. The zero-order chi connectivity index (χ0) is 10.6. The highest BCUT2D eigenvalue weighted by Gasteiger charge is 1.98. The number of benzene rings is 1. The molecule has 1 aromatic carbocycles. The van der Waals surface area contributed by atoms with E-state index < -0.39 is 0 Å². The first-order valence-corrected chi connectivity index (χ1v) is 5.05. The average Bonchev–Trinajstić information content (AvgIpc) is 2.19. The quantitative estimate of drug-likeness (QED) is 0.605. The maximum Gasteiger partial charge on any atom is -0.0185 e. The van der Waals surface area contributed by atoms with Gasteiger partial charge in [0.15, 0.2) is 0 Å². The molecule has 0 saturated carbocycles. The van der Waals surface area contributed by atoms with Crippen LogP contribution in [0.1, 0.15) is 30.5 Å². The van der Waals surface area contributed by atoms with Gasteiger partial charge in [-0.1, -0.05) is 36.4 Å². The Labute approximate surface area is 87.0 Å². The molecule has 0 heterocycles. The molecule has 74 valence electrons. The van der Waals surface area contributed by atoms with Crippen LogP contribution in [0.15, 0.2) is 36.4 Å². The molecular formula is C14H18. The molecular weight excluding hydrogens is 168 g/mol. The zero-order valence-corrected chi connectivity index (χ0v) is 9.46. The molecule has 0 unspecified atom stereocenters. The van der Waals surface area contributed by atoms with Gasteiger partial charge in [-0.15, -0.1) is 0 Å². The van der Waals surface area contributed by atoms with Gasteiger partial charge >= 0.3 is 0 Å². The van der Waals surface area contributed by atoms with Crippen molar-refractivity contribution < 1.29 is 0 Å². The van der Waals surface area contributed by atoms with E-state index in [9.17, 15) is 0 Å². The summed E-state index contributed by atoms with van der Waals surface area (Å²) >= 11 is 0. The largest absolute Gasteiger partial charge is 0.0871 e. The molecule has 0 saturated heterocycles. The van der Waals surface area contributed by atoms with Gasteiger partial charge in [-0.3, -0.25) is 0 Å². The second-order valence-corrected chi connectivity index (χ2v) is 3.54. The van der Waals surface area contributed by atoms with E-state index in [4.69, 9.17) is 0 Å². The van der Waals surface area contributed by atoms with Gasteiger partial charge in [-0.05, 0) is 50.0 Å². The summed E-state index contributed by atoms with van der Waals surface area (Å²) in [6.07, 6.45) is 6.36. The van der Waals surface area contributed by atoms with E-state index in [-0.39, 0.29) is 0 Å². The molecule has 0 aliphatic rings. The minimum Gasteiger partial charge on any atom is -0.0871 e. The van der Waals surface area contributed by atoms with Crippen molar-refractivity contribution in [1.29, 1.82) is 0 Å². The molecule has 0 bridgehead atoms. The molecule has 0 fully saturated rings. The first-order chi connectivity index (χ1) is 6.69. The summed E-state index contributed by atoms with van der Waals surface area (Å²) in [6, 6.07) is 6.60. The molecule has 0 amide bonds. The van der Waals surface area contributed by atoms with Gasteiger partial charge in [0.1, 0.15) is 0 Å². The van der Waals surface area contributed by atoms with E-state index in [1.165, 1.54) is 22.3 Å². The van der Waals surface area contributed by atoms with Crippen LogP contribution in [-0.4, -0.2) is 0 Å². The molecule has 0 N–H and O–H groups in total. The molecule has 1 aromatic rings. The molecule has 0 aliphatic heterocycles. The van der Waals surface area contributed by atoms with Crippen LogP contribution < -0.4 is 0 Å². The maximum absolute atomic E-state index is 2.24. The molecule has 0 aromatic heterocycles. The van der Waals surface area contributed by atoms with Gasteiger partial charge in [0.05, 0.1) is 0 Å². The third-order valence-electron chi connectivity index (χ3n) is 2.50. The van der Waals surface area contributed by atoms with Crippen LogP contribution in [0.25, 0.3) is 5.57 Å². The van der Waals surface area contributed by atoms with Crippen molar-refractivity contribution in [1.82, 2.24) is 0 Å². The predicted molar refractivity (Wildman–Crippen MR) is 64.4 cm³/mol. The summed E-state index contributed by atoms with van der Waals surface area (Å²) in [4.78, 5) is 0. The van der Waals surface area contributed by atoms with Crippen LogP contribution in [0.5, 0.6) is 0 Å².